The van der Waals surface area contributed by atoms with Gasteiger partial charge in [-0.05, 0) is 68.1 Å². The van der Waals surface area contributed by atoms with Gasteiger partial charge in [-0.15, -0.1) is 0 Å². The van der Waals surface area contributed by atoms with E-state index in [2.05, 4.69) is 4.98 Å². The molecule has 1 saturated heterocycles. The van der Waals surface area contributed by atoms with Crippen molar-refractivity contribution in [1.82, 2.24) is 14.8 Å². The minimum Gasteiger partial charge on any atom is -0.390 e. The Kier molecular flexibility index (Phi) is 7.71. The van der Waals surface area contributed by atoms with Gasteiger partial charge in [-0.25, -0.2) is 22.0 Å². The molecule has 0 radical (unpaired) electrons. The number of alkyl halides is 3. The monoisotopic (exact) mass is 569 g/mol. The van der Waals surface area contributed by atoms with Crippen LogP contribution in [0, 0.1) is 23.4 Å². The normalized spacial score (nSPS) is 22.4. The van der Waals surface area contributed by atoms with Crippen LogP contribution in [0.3, 0.4) is 0 Å². The Morgan fingerprint density at radius 2 is 1.75 bits per heavy atom. The molecule has 0 spiro atoms. The fourth-order valence-corrected chi connectivity index (χ4v) is 6.17. The van der Waals surface area contributed by atoms with Crippen LogP contribution in [0.2, 0.25) is 0 Å². The molecule has 0 saturated carbocycles. The van der Waals surface area contributed by atoms with E-state index in [0.717, 1.165) is 12.1 Å². The smallest absolute Gasteiger partial charge is 0.283 e. The predicted molar refractivity (Wildman–Crippen MR) is 138 cm³/mol. The minimum atomic E-state index is -3.54. The van der Waals surface area contributed by atoms with Crippen molar-refractivity contribution in [1.29, 1.82) is 0 Å². The lowest BCUT2D eigenvalue weighted by atomic mass is 9.77. The third-order valence-corrected chi connectivity index (χ3v) is 8.51. The zero-order chi connectivity index (χ0) is 29.0. The Morgan fingerprint density at radius 3 is 2.38 bits per heavy atom. The molecule has 3 N–H and O–H groups in total. The molecule has 2 aromatic carbocycles. The fourth-order valence-electron chi connectivity index (χ4n) is 6.17. The van der Waals surface area contributed by atoms with Crippen molar-refractivity contribution in [2.45, 2.75) is 50.3 Å². The standard InChI is InChI=1S/C29H33F6N3O2/c1-16-8-21-20-11-19(31)4-5-24(20)36-26(21)27(38(16)14-29(34,35)15-39)25-22(32)9-17(10-23(25)33)28(2,40)18-12-37(13-18)7-3-6-30/h4-5,9-11,16,18,27,36,39-40H,3,6-8,12-15H2,1-2H3/t16-,27-,28+/m1/s1. The number of halogens is 6. The van der Waals surface area contributed by atoms with E-state index in [1.807, 2.05) is 4.90 Å². The number of hydrogen-bond acceptors (Lipinski definition) is 4. The van der Waals surface area contributed by atoms with Gasteiger partial charge in [0.15, 0.2) is 0 Å². The summed E-state index contributed by atoms with van der Waals surface area (Å²) in [4.78, 5) is 6.27. The second kappa shape index (κ2) is 10.7. The van der Waals surface area contributed by atoms with Gasteiger partial charge in [-0.2, -0.15) is 0 Å². The van der Waals surface area contributed by atoms with Gasteiger partial charge < -0.3 is 20.1 Å². The van der Waals surface area contributed by atoms with Gasteiger partial charge in [0.2, 0.25) is 0 Å². The molecule has 0 aliphatic carbocycles. The number of H-pyrrole nitrogens is 1. The number of likely N-dealkylation sites (tertiary alicyclic amines) is 1. The predicted octanol–water partition coefficient (Wildman–Crippen LogP) is 5.05. The molecule has 3 heterocycles. The third kappa shape index (κ3) is 5.13. The number of fused-ring (bicyclic) bond motifs is 3. The number of aromatic nitrogens is 1. The summed E-state index contributed by atoms with van der Waals surface area (Å²) in [7, 11) is 0. The summed E-state index contributed by atoms with van der Waals surface area (Å²) < 4.78 is 87.5. The van der Waals surface area contributed by atoms with Crippen molar-refractivity contribution in [3.05, 3.63) is 70.2 Å². The van der Waals surface area contributed by atoms with Crippen molar-refractivity contribution in [3.8, 4) is 0 Å². The second-order valence-corrected chi connectivity index (χ2v) is 11.3. The maximum Gasteiger partial charge on any atom is 0.283 e. The number of aliphatic hydroxyl groups excluding tert-OH is 1. The Balaban J connectivity index is 1.57. The molecule has 3 aromatic rings. The van der Waals surface area contributed by atoms with Crippen LogP contribution in [-0.4, -0.2) is 76.4 Å². The quantitative estimate of drug-likeness (QED) is 0.316. The maximum atomic E-state index is 15.9. The third-order valence-electron chi connectivity index (χ3n) is 8.51. The van der Waals surface area contributed by atoms with Crippen molar-refractivity contribution >= 4 is 10.9 Å². The lowest BCUT2D eigenvalue weighted by molar-refractivity contribution is -0.0870. The zero-order valence-electron chi connectivity index (χ0n) is 22.3. The first-order valence-electron chi connectivity index (χ1n) is 13.4. The molecule has 0 amide bonds. The lowest BCUT2D eigenvalue weighted by Crippen LogP contribution is -2.55. The summed E-state index contributed by atoms with van der Waals surface area (Å²) in [6.45, 7) is 1.66. The van der Waals surface area contributed by atoms with Crippen molar-refractivity contribution in [2.75, 3.05) is 39.5 Å². The molecule has 5 rings (SSSR count). The Labute approximate surface area is 228 Å². The minimum absolute atomic E-state index is 0.0106. The van der Waals surface area contributed by atoms with E-state index in [4.69, 9.17) is 0 Å². The largest absolute Gasteiger partial charge is 0.390 e. The first-order valence-corrected chi connectivity index (χ1v) is 13.4. The van der Waals surface area contributed by atoms with Crippen LogP contribution in [0.15, 0.2) is 30.3 Å². The average molecular weight is 570 g/mol. The molecule has 0 unspecified atom stereocenters. The highest BCUT2D eigenvalue weighted by molar-refractivity contribution is 5.85. The SMILES string of the molecule is C[C@@H]1Cc2c([nH]c3ccc(F)cc23)[C@@H](c2c(F)cc([C@](C)(O)C3CN(CCCF)C3)cc2F)N1CC(F)(F)CO. The van der Waals surface area contributed by atoms with Gasteiger partial charge in [-0.3, -0.25) is 9.29 Å². The van der Waals surface area contributed by atoms with Crippen LogP contribution in [0.4, 0.5) is 26.3 Å². The molecule has 5 nitrogen and oxygen atoms in total. The van der Waals surface area contributed by atoms with Crippen LogP contribution < -0.4 is 0 Å². The number of nitrogens with zero attached hydrogens (tertiary/aromatic N) is 2. The van der Waals surface area contributed by atoms with Crippen LogP contribution >= 0.6 is 0 Å². The molecule has 1 aromatic heterocycles. The van der Waals surface area contributed by atoms with E-state index in [1.54, 1.807) is 6.92 Å². The second-order valence-electron chi connectivity index (χ2n) is 11.3. The Hall–Kier alpha value is -2.60. The molecule has 11 heteroatoms. The first-order chi connectivity index (χ1) is 18.9. The first kappa shape index (κ1) is 28.9. The lowest BCUT2D eigenvalue weighted by Gasteiger charge is -2.47. The molecule has 218 valence electrons. The number of rotatable bonds is 9. The van der Waals surface area contributed by atoms with Crippen LogP contribution in [0.5, 0.6) is 0 Å². The molecular formula is C29H33F6N3O2. The van der Waals surface area contributed by atoms with Crippen LogP contribution in [0.1, 0.15) is 48.7 Å². The van der Waals surface area contributed by atoms with E-state index in [9.17, 15) is 27.8 Å². The highest BCUT2D eigenvalue weighted by atomic mass is 19.3. The summed E-state index contributed by atoms with van der Waals surface area (Å²) in [5.74, 6) is -6.42. The van der Waals surface area contributed by atoms with Gasteiger partial charge in [0.1, 0.15) is 24.1 Å². The molecule has 0 bridgehead atoms. The summed E-state index contributed by atoms with van der Waals surface area (Å²) in [5.41, 5.74) is -0.704. The van der Waals surface area contributed by atoms with Gasteiger partial charge in [0.25, 0.3) is 5.92 Å². The Bertz CT molecular complexity index is 1360. The zero-order valence-corrected chi connectivity index (χ0v) is 22.3. The van der Waals surface area contributed by atoms with E-state index < -0.39 is 66.4 Å². The number of aliphatic hydroxyl groups is 2. The molecule has 3 atom stereocenters. The van der Waals surface area contributed by atoms with Crippen LogP contribution in [0.25, 0.3) is 10.9 Å². The van der Waals surface area contributed by atoms with E-state index >= 15 is 8.78 Å². The number of benzene rings is 2. The Morgan fingerprint density at radius 1 is 1.07 bits per heavy atom. The van der Waals surface area contributed by atoms with Crippen LogP contribution in [-0.2, 0) is 12.0 Å². The van der Waals surface area contributed by atoms with Crippen molar-refractivity contribution in [2.24, 2.45) is 5.92 Å². The number of hydrogen-bond donors (Lipinski definition) is 3. The molecule has 2 aliphatic rings. The summed E-state index contributed by atoms with van der Waals surface area (Å²) >= 11 is 0. The average Bonchev–Trinajstić information content (AvgIpc) is 3.21. The van der Waals surface area contributed by atoms with Crippen molar-refractivity contribution in [3.63, 3.8) is 0 Å². The van der Waals surface area contributed by atoms with Gasteiger partial charge in [0.05, 0.1) is 24.9 Å². The molecule has 40 heavy (non-hydrogen) atoms. The molecule has 1 fully saturated rings. The maximum absolute atomic E-state index is 15.9. The van der Waals surface area contributed by atoms with E-state index in [1.165, 1.54) is 30.0 Å². The number of nitrogens with one attached hydrogen (secondary N) is 1. The number of aromatic amines is 1. The van der Waals surface area contributed by atoms with Gasteiger partial charge >= 0.3 is 0 Å². The summed E-state index contributed by atoms with van der Waals surface area (Å²) in [6, 6.07) is 4.12. The highest BCUT2D eigenvalue weighted by Crippen LogP contribution is 2.45. The summed E-state index contributed by atoms with van der Waals surface area (Å²) in [5, 5.41) is 21.0. The molecular weight excluding hydrogens is 536 g/mol. The molecule has 2 aliphatic heterocycles. The van der Waals surface area contributed by atoms with E-state index in [-0.39, 0.29) is 23.6 Å². The summed E-state index contributed by atoms with van der Waals surface area (Å²) in [6.07, 6.45) is 0.578. The fraction of sp³-hybridized carbons (Fsp3) is 0.517. The van der Waals surface area contributed by atoms with Crippen molar-refractivity contribution < 1.29 is 36.6 Å². The van der Waals surface area contributed by atoms with E-state index in [0.29, 0.717) is 42.5 Å². The van der Waals surface area contributed by atoms with Gasteiger partial charge in [-0.1, -0.05) is 0 Å². The topological polar surface area (TPSA) is 62.7 Å². The van der Waals surface area contributed by atoms with Gasteiger partial charge in [0, 0.05) is 53.8 Å². The highest BCUT2D eigenvalue weighted by Gasteiger charge is 2.45.